The number of imide groups is 1. The fraction of sp³-hybridized carbons (Fsp3) is 0.125. The molecule has 1 atom stereocenters. The molecule has 6 nitrogen and oxygen atoms in total. The average molecular weight is 401 g/mol. The van der Waals surface area contributed by atoms with Gasteiger partial charge in [0.2, 0.25) is 6.10 Å². The molecular formula is C24H19NO5. The van der Waals surface area contributed by atoms with Crippen molar-refractivity contribution in [1.82, 2.24) is 5.06 Å². The molecule has 2 amide bonds. The third-order valence-electron chi connectivity index (χ3n) is 4.85. The van der Waals surface area contributed by atoms with Crippen molar-refractivity contribution in [2.24, 2.45) is 0 Å². The molecule has 30 heavy (non-hydrogen) atoms. The molecule has 3 aromatic rings. The molecule has 0 saturated heterocycles. The quantitative estimate of drug-likeness (QED) is 0.581. The van der Waals surface area contributed by atoms with Gasteiger partial charge in [0.05, 0.1) is 11.1 Å². The molecule has 0 bridgehead atoms. The summed E-state index contributed by atoms with van der Waals surface area (Å²) >= 11 is 0. The van der Waals surface area contributed by atoms with E-state index in [9.17, 15) is 14.4 Å². The molecule has 0 fully saturated rings. The topological polar surface area (TPSA) is 72.9 Å². The van der Waals surface area contributed by atoms with Crippen LogP contribution in [0.2, 0.25) is 0 Å². The first-order chi connectivity index (χ1) is 14.6. The third kappa shape index (κ3) is 3.55. The predicted octanol–water partition coefficient (Wildman–Crippen LogP) is 4.12. The van der Waals surface area contributed by atoms with E-state index in [4.69, 9.17) is 9.57 Å². The van der Waals surface area contributed by atoms with Crippen LogP contribution < -0.4 is 4.74 Å². The highest BCUT2D eigenvalue weighted by atomic mass is 16.7. The Hall–Kier alpha value is -3.93. The van der Waals surface area contributed by atoms with E-state index in [0.29, 0.717) is 22.8 Å². The van der Waals surface area contributed by atoms with Gasteiger partial charge in [-0.3, -0.25) is 9.59 Å². The summed E-state index contributed by atoms with van der Waals surface area (Å²) < 4.78 is 6.02. The van der Waals surface area contributed by atoms with Crippen molar-refractivity contribution >= 4 is 17.8 Å². The van der Waals surface area contributed by atoms with E-state index >= 15 is 0 Å². The highest BCUT2D eigenvalue weighted by Crippen LogP contribution is 2.29. The number of aryl methyl sites for hydroxylation is 1. The van der Waals surface area contributed by atoms with Crippen molar-refractivity contribution < 1.29 is 24.0 Å². The second-order valence-corrected chi connectivity index (χ2v) is 6.73. The Morgan fingerprint density at radius 3 is 2.03 bits per heavy atom. The molecule has 0 aliphatic carbocycles. The Morgan fingerprint density at radius 2 is 1.40 bits per heavy atom. The van der Waals surface area contributed by atoms with E-state index in [2.05, 4.69) is 0 Å². The van der Waals surface area contributed by atoms with Gasteiger partial charge in [-0.1, -0.05) is 72.7 Å². The average Bonchev–Trinajstić information content (AvgIpc) is 3.03. The van der Waals surface area contributed by atoms with Crippen molar-refractivity contribution in [3.63, 3.8) is 0 Å². The summed E-state index contributed by atoms with van der Waals surface area (Å²) in [6.45, 7) is 1.98. The normalized spacial score (nSPS) is 13.7. The molecule has 0 N–H and O–H groups in total. The molecule has 4 rings (SSSR count). The van der Waals surface area contributed by atoms with Gasteiger partial charge < -0.3 is 9.57 Å². The number of fused-ring (bicyclic) bond motifs is 1. The number of amides is 2. The van der Waals surface area contributed by atoms with E-state index < -0.39 is 23.9 Å². The monoisotopic (exact) mass is 401 g/mol. The maximum atomic E-state index is 13.1. The lowest BCUT2D eigenvalue weighted by Gasteiger charge is -2.21. The SMILES string of the molecule is CCc1ccccc1OC(C(=O)ON1C(=O)c2ccccc2C1=O)c1ccccc1. The van der Waals surface area contributed by atoms with Crippen LogP contribution in [-0.4, -0.2) is 22.8 Å². The lowest BCUT2D eigenvalue weighted by Crippen LogP contribution is -2.36. The minimum Gasteiger partial charge on any atom is -0.474 e. The minimum atomic E-state index is -1.15. The number of rotatable bonds is 6. The zero-order valence-electron chi connectivity index (χ0n) is 16.3. The highest BCUT2D eigenvalue weighted by Gasteiger charge is 2.40. The van der Waals surface area contributed by atoms with Crippen LogP contribution in [0.15, 0.2) is 78.9 Å². The van der Waals surface area contributed by atoms with Gasteiger partial charge in [0, 0.05) is 5.56 Å². The molecule has 0 spiro atoms. The van der Waals surface area contributed by atoms with E-state index in [1.54, 1.807) is 42.5 Å². The number of hydroxylamine groups is 2. The van der Waals surface area contributed by atoms with Crippen LogP contribution in [0.4, 0.5) is 0 Å². The second kappa shape index (κ2) is 8.21. The lowest BCUT2D eigenvalue weighted by molar-refractivity contribution is -0.177. The summed E-state index contributed by atoms with van der Waals surface area (Å²) in [6, 6.07) is 22.5. The van der Waals surface area contributed by atoms with Crippen LogP contribution in [0.25, 0.3) is 0 Å². The van der Waals surface area contributed by atoms with Crippen molar-refractivity contribution in [1.29, 1.82) is 0 Å². The highest BCUT2D eigenvalue weighted by molar-refractivity contribution is 6.20. The maximum absolute atomic E-state index is 13.1. The van der Waals surface area contributed by atoms with E-state index in [1.165, 1.54) is 12.1 Å². The largest absolute Gasteiger partial charge is 0.474 e. The molecule has 6 heteroatoms. The van der Waals surface area contributed by atoms with Gasteiger partial charge in [-0.25, -0.2) is 4.79 Å². The van der Waals surface area contributed by atoms with E-state index in [0.717, 1.165) is 5.56 Å². The number of carbonyl (C=O) groups excluding carboxylic acids is 3. The van der Waals surface area contributed by atoms with Crippen LogP contribution >= 0.6 is 0 Å². The zero-order valence-corrected chi connectivity index (χ0v) is 16.3. The predicted molar refractivity (Wildman–Crippen MR) is 109 cm³/mol. The van der Waals surface area contributed by atoms with Crippen LogP contribution in [0.1, 0.15) is 44.9 Å². The fourth-order valence-electron chi connectivity index (χ4n) is 3.31. The van der Waals surface area contributed by atoms with Crippen molar-refractivity contribution in [2.45, 2.75) is 19.4 Å². The van der Waals surface area contributed by atoms with E-state index in [1.807, 2.05) is 31.2 Å². The Balaban J connectivity index is 1.62. The summed E-state index contributed by atoms with van der Waals surface area (Å²) in [5.74, 6) is -1.68. The first-order valence-corrected chi connectivity index (χ1v) is 9.59. The van der Waals surface area contributed by atoms with Gasteiger partial charge >= 0.3 is 5.97 Å². The lowest BCUT2D eigenvalue weighted by atomic mass is 10.1. The molecule has 1 aliphatic rings. The van der Waals surface area contributed by atoms with Gasteiger partial charge in [-0.05, 0) is 30.2 Å². The Morgan fingerprint density at radius 1 is 0.833 bits per heavy atom. The summed E-state index contributed by atoms with van der Waals surface area (Å²) in [5, 5.41) is 0.498. The standard InChI is InChI=1S/C24H19NO5/c1-2-16-10-6-9-15-20(16)29-21(17-11-4-3-5-12-17)24(28)30-25-22(26)18-13-7-8-14-19(18)23(25)27/h3-15,21H,2H2,1H3. The smallest absolute Gasteiger partial charge is 0.377 e. The number of hydrogen-bond donors (Lipinski definition) is 0. The maximum Gasteiger partial charge on any atom is 0.377 e. The van der Waals surface area contributed by atoms with Crippen LogP contribution in [0, 0.1) is 0 Å². The van der Waals surface area contributed by atoms with Gasteiger partial charge in [0.15, 0.2) is 0 Å². The molecule has 1 aliphatic heterocycles. The molecular weight excluding hydrogens is 382 g/mol. The Bertz CT molecular complexity index is 1070. The number of carbonyl (C=O) groups is 3. The Kier molecular flexibility index (Phi) is 5.30. The third-order valence-corrected chi connectivity index (χ3v) is 4.85. The molecule has 1 unspecified atom stereocenters. The number of hydrogen-bond acceptors (Lipinski definition) is 5. The fourth-order valence-corrected chi connectivity index (χ4v) is 3.31. The van der Waals surface area contributed by atoms with Gasteiger partial charge in [0.1, 0.15) is 5.75 Å². The first-order valence-electron chi connectivity index (χ1n) is 9.59. The van der Waals surface area contributed by atoms with Gasteiger partial charge in [-0.2, -0.15) is 0 Å². The number of ether oxygens (including phenoxy) is 1. The summed E-state index contributed by atoms with van der Waals surface area (Å²) in [4.78, 5) is 43.4. The number of para-hydroxylation sites is 1. The van der Waals surface area contributed by atoms with E-state index in [-0.39, 0.29) is 11.1 Å². The minimum absolute atomic E-state index is 0.198. The second-order valence-electron chi connectivity index (χ2n) is 6.73. The molecule has 0 radical (unpaired) electrons. The van der Waals surface area contributed by atoms with Crippen molar-refractivity contribution in [3.05, 3.63) is 101 Å². The van der Waals surface area contributed by atoms with Gasteiger partial charge in [-0.15, -0.1) is 0 Å². The summed E-state index contributed by atoms with van der Waals surface area (Å²) in [5.41, 5.74) is 1.87. The molecule has 150 valence electrons. The molecule has 1 heterocycles. The summed E-state index contributed by atoms with van der Waals surface area (Å²) in [7, 11) is 0. The van der Waals surface area contributed by atoms with Crippen LogP contribution in [0.5, 0.6) is 5.75 Å². The Labute approximate surface area is 173 Å². The van der Waals surface area contributed by atoms with Gasteiger partial charge in [0.25, 0.3) is 11.8 Å². The van der Waals surface area contributed by atoms with Crippen molar-refractivity contribution in [3.8, 4) is 5.75 Å². The first kappa shape index (κ1) is 19.4. The molecule has 3 aromatic carbocycles. The number of nitrogens with zero attached hydrogens (tertiary/aromatic N) is 1. The van der Waals surface area contributed by atoms with Crippen molar-refractivity contribution in [2.75, 3.05) is 0 Å². The summed E-state index contributed by atoms with van der Waals surface area (Å²) in [6.07, 6.45) is -0.436. The number of benzene rings is 3. The van der Waals surface area contributed by atoms with Crippen LogP contribution in [-0.2, 0) is 16.1 Å². The molecule has 0 aromatic heterocycles. The zero-order chi connectivity index (χ0) is 21.1. The van der Waals surface area contributed by atoms with Crippen LogP contribution in [0.3, 0.4) is 0 Å². The molecule has 0 saturated carbocycles.